The lowest BCUT2D eigenvalue weighted by Gasteiger charge is -2.14. The highest BCUT2D eigenvalue weighted by atomic mass is 19.4. The number of hydrogen-bond donors (Lipinski definition) is 1. The molecule has 0 saturated heterocycles. The molecule has 0 aliphatic heterocycles. The van der Waals surface area contributed by atoms with Gasteiger partial charge < -0.3 is 10.1 Å². The van der Waals surface area contributed by atoms with Crippen LogP contribution in [0.25, 0.3) is 0 Å². The van der Waals surface area contributed by atoms with Gasteiger partial charge in [-0.05, 0) is 24.3 Å². The number of amides is 1. The number of rotatable bonds is 5. The molecule has 0 aliphatic carbocycles. The first-order valence-electron chi connectivity index (χ1n) is 7.43. The molecule has 0 bridgehead atoms. The van der Waals surface area contributed by atoms with Crippen molar-refractivity contribution in [2.75, 3.05) is 11.9 Å². The van der Waals surface area contributed by atoms with Gasteiger partial charge in [0.05, 0.1) is 21.7 Å². The van der Waals surface area contributed by atoms with Gasteiger partial charge in [-0.15, -0.1) is 0 Å². The smallest absolute Gasteiger partial charge is 0.416 e. The van der Waals surface area contributed by atoms with Crippen LogP contribution in [0.3, 0.4) is 0 Å². The number of nitro groups is 1. The highest BCUT2D eigenvalue weighted by Crippen LogP contribution is 2.38. The normalized spacial score (nSPS) is 11.8. The Bertz CT molecular complexity index is 910. The fourth-order valence-electron chi connectivity index (χ4n) is 2.07. The van der Waals surface area contributed by atoms with Crippen molar-refractivity contribution in [3.05, 3.63) is 63.5 Å². The number of alkyl halides is 6. The maximum Gasteiger partial charge on any atom is 0.416 e. The molecule has 2 rings (SSSR count). The maximum atomic E-state index is 13.6. The fourth-order valence-corrected chi connectivity index (χ4v) is 2.07. The van der Waals surface area contributed by atoms with Gasteiger partial charge in [0.25, 0.3) is 11.6 Å². The van der Waals surface area contributed by atoms with Crippen molar-refractivity contribution in [2.45, 2.75) is 12.4 Å². The van der Waals surface area contributed by atoms with Crippen LogP contribution in [0.15, 0.2) is 36.4 Å². The Kier molecular flexibility index (Phi) is 5.99. The largest absolute Gasteiger partial charge is 0.484 e. The molecule has 0 radical (unpaired) electrons. The van der Waals surface area contributed by atoms with Crippen molar-refractivity contribution in [1.82, 2.24) is 0 Å². The summed E-state index contributed by atoms with van der Waals surface area (Å²) in [6, 6.07) is 2.59. The summed E-state index contributed by atoms with van der Waals surface area (Å²) in [5, 5.41) is 12.5. The average molecular weight is 426 g/mol. The lowest BCUT2D eigenvalue weighted by atomic mass is 10.1. The first-order valence-corrected chi connectivity index (χ1v) is 7.43. The molecule has 0 spiro atoms. The van der Waals surface area contributed by atoms with Crippen LogP contribution in [-0.4, -0.2) is 17.4 Å². The lowest BCUT2D eigenvalue weighted by molar-refractivity contribution is -0.384. The fraction of sp³-hybridized carbons (Fsp3) is 0.188. The second-order valence-corrected chi connectivity index (χ2v) is 5.50. The molecule has 1 amide bonds. The molecule has 0 atom stereocenters. The predicted octanol–water partition coefficient (Wildman–Crippen LogP) is 4.79. The van der Waals surface area contributed by atoms with Gasteiger partial charge in [-0.1, -0.05) is 0 Å². The Labute approximate surface area is 157 Å². The summed E-state index contributed by atoms with van der Waals surface area (Å²) in [4.78, 5) is 21.5. The topological polar surface area (TPSA) is 81.5 Å². The van der Waals surface area contributed by atoms with E-state index >= 15 is 0 Å². The quantitative estimate of drug-likeness (QED) is 0.424. The summed E-state index contributed by atoms with van der Waals surface area (Å²) in [6.07, 6.45) is -10.2. The second-order valence-electron chi connectivity index (χ2n) is 5.50. The van der Waals surface area contributed by atoms with E-state index in [1.54, 1.807) is 0 Å². The Hall–Kier alpha value is -3.38. The van der Waals surface area contributed by atoms with Crippen LogP contribution >= 0.6 is 0 Å². The molecular formula is C16H9F7N2O4. The molecule has 0 unspecified atom stereocenters. The number of nitrogens with one attached hydrogen (secondary N) is 1. The highest BCUT2D eigenvalue weighted by Gasteiger charge is 2.37. The van der Waals surface area contributed by atoms with Crippen molar-refractivity contribution in [3.63, 3.8) is 0 Å². The van der Waals surface area contributed by atoms with E-state index in [2.05, 4.69) is 4.74 Å². The summed E-state index contributed by atoms with van der Waals surface area (Å²) in [7, 11) is 0. The van der Waals surface area contributed by atoms with Crippen LogP contribution < -0.4 is 10.1 Å². The SMILES string of the molecule is O=C(COc1cc(C(F)(F)F)cc(C(F)(F)F)c1)Nc1cc([N+](=O)[O-])ccc1F. The number of hydrogen-bond acceptors (Lipinski definition) is 4. The number of carbonyl (C=O) groups is 1. The van der Waals surface area contributed by atoms with E-state index in [1.165, 1.54) is 0 Å². The third-order valence-electron chi connectivity index (χ3n) is 3.37. The first kappa shape index (κ1) is 21.9. The number of halogens is 7. The molecule has 6 nitrogen and oxygen atoms in total. The zero-order chi connectivity index (χ0) is 22.0. The molecular weight excluding hydrogens is 417 g/mol. The molecule has 0 aromatic heterocycles. The lowest BCUT2D eigenvalue weighted by Crippen LogP contribution is -2.21. The van der Waals surface area contributed by atoms with Crippen molar-refractivity contribution in [1.29, 1.82) is 0 Å². The van der Waals surface area contributed by atoms with Crippen LogP contribution in [-0.2, 0) is 17.1 Å². The Balaban J connectivity index is 2.18. The summed E-state index contributed by atoms with van der Waals surface area (Å²) in [5.41, 5.74) is -4.47. The van der Waals surface area contributed by atoms with Crippen molar-refractivity contribution in [2.24, 2.45) is 0 Å². The maximum absolute atomic E-state index is 13.6. The monoisotopic (exact) mass is 426 g/mol. The summed E-state index contributed by atoms with van der Waals surface area (Å²) in [5.74, 6) is -3.13. The molecule has 0 heterocycles. The van der Waals surface area contributed by atoms with Crippen LogP contribution in [0.5, 0.6) is 5.75 Å². The number of nitrogens with zero attached hydrogens (tertiary/aromatic N) is 1. The zero-order valence-electron chi connectivity index (χ0n) is 13.9. The van der Waals surface area contributed by atoms with Crippen LogP contribution in [0.4, 0.5) is 42.1 Å². The van der Waals surface area contributed by atoms with Gasteiger partial charge in [-0.3, -0.25) is 14.9 Å². The molecule has 0 aliphatic rings. The molecule has 0 saturated carbocycles. The van der Waals surface area contributed by atoms with Crippen LogP contribution in [0.2, 0.25) is 0 Å². The number of anilines is 1. The first-order chi connectivity index (χ1) is 13.3. The second kappa shape index (κ2) is 7.93. The molecule has 156 valence electrons. The number of ether oxygens (including phenoxy) is 1. The van der Waals surface area contributed by atoms with Gasteiger partial charge in [-0.2, -0.15) is 26.3 Å². The van der Waals surface area contributed by atoms with E-state index in [0.29, 0.717) is 12.1 Å². The third kappa shape index (κ3) is 5.80. The van der Waals surface area contributed by atoms with E-state index in [9.17, 15) is 45.6 Å². The van der Waals surface area contributed by atoms with Gasteiger partial charge in [0.2, 0.25) is 0 Å². The van der Waals surface area contributed by atoms with E-state index in [4.69, 9.17) is 0 Å². The van der Waals surface area contributed by atoms with Crippen LogP contribution in [0, 0.1) is 15.9 Å². The molecule has 2 aromatic carbocycles. The molecule has 29 heavy (non-hydrogen) atoms. The highest BCUT2D eigenvalue weighted by molar-refractivity contribution is 5.92. The Morgan fingerprint density at radius 1 is 1.00 bits per heavy atom. The summed E-state index contributed by atoms with van der Waals surface area (Å²) >= 11 is 0. The summed E-state index contributed by atoms with van der Waals surface area (Å²) < 4.78 is 94.9. The number of benzene rings is 2. The van der Waals surface area contributed by atoms with Crippen molar-refractivity contribution >= 4 is 17.3 Å². The number of non-ortho nitro benzene ring substituents is 1. The molecule has 13 heteroatoms. The number of carbonyl (C=O) groups excluding carboxylic acids is 1. The molecule has 2 aromatic rings. The van der Waals surface area contributed by atoms with Gasteiger partial charge in [-0.25, -0.2) is 4.39 Å². The standard InChI is InChI=1S/C16H9F7N2O4/c17-12-2-1-10(25(27)28)6-13(12)24-14(26)7-29-11-4-8(15(18,19)20)3-9(5-11)16(21,22)23/h1-6H,7H2,(H,24,26). The average Bonchev–Trinajstić information content (AvgIpc) is 2.60. The van der Waals surface area contributed by atoms with Gasteiger partial charge in [0.1, 0.15) is 11.6 Å². The third-order valence-corrected chi connectivity index (χ3v) is 3.37. The van der Waals surface area contributed by atoms with E-state index in [1.807, 2.05) is 5.32 Å². The van der Waals surface area contributed by atoms with E-state index in [-0.39, 0.29) is 18.2 Å². The van der Waals surface area contributed by atoms with Gasteiger partial charge in [0.15, 0.2) is 6.61 Å². The Morgan fingerprint density at radius 3 is 2.03 bits per heavy atom. The molecule has 1 N–H and O–H groups in total. The minimum absolute atomic E-state index is 0.120. The van der Waals surface area contributed by atoms with Crippen molar-refractivity contribution < 1.29 is 45.2 Å². The summed E-state index contributed by atoms with van der Waals surface area (Å²) in [6.45, 7) is -1.08. The van der Waals surface area contributed by atoms with Gasteiger partial charge >= 0.3 is 12.4 Å². The van der Waals surface area contributed by atoms with E-state index < -0.39 is 63.9 Å². The van der Waals surface area contributed by atoms with Gasteiger partial charge in [0, 0.05) is 12.1 Å². The Morgan fingerprint density at radius 2 is 1.55 bits per heavy atom. The van der Waals surface area contributed by atoms with E-state index in [0.717, 1.165) is 6.07 Å². The minimum Gasteiger partial charge on any atom is -0.484 e. The number of nitro benzene ring substituents is 1. The zero-order valence-corrected chi connectivity index (χ0v) is 13.9. The molecule has 0 fully saturated rings. The van der Waals surface area contributed by atoms with Crippen molar-refractivity contribution in [3.8, 4) is 5.75 Å². The van der Waals surface area contributed by atoms with Crippen LogP contribution in [0.1, 0.15) is 11.1 Å². The minimum atomic E-state index is -5.10. The predicted molar refractivity (Wildman–Crippen MR) is 83.6 cm³/mol.